The highest BCUT2D eigenvalue weighted by Gasteiger charge is 2.14. The molecule has 0 saturated heterocycles. The first kappa shape index (κ1) is 18.0. The summed E-state index contributed by atoms with van der Waals surface area (Å²) in [6.45, 7) is 1.74. The first-order chi connectivity index (χ1) is 11.5. The average molecular weight is 348 g/mol. The van der Waals surface area contributed by atoms with E-state index in [-0.39, 0.29) is 23.5 Å². The fourth-order valence-electron chi connectivity index (χ4n) is 2.05. The van der Waals surface area contributed by atoms with Crippen LogP contribution in [-0.2, 0) is 10.0 Å². The molecule has 1 amide bonds. The summed E-state index contributed by atoms with van der Waals surface area (Å²) in [6.07, 6.45) is 0.622. The van der Waals surface area contributed by atoms with Gasteiger partial charge in [-0.05, 0) is 42.8 Å². The summed E-state index contributed by atoms with van der Waals surface area (Å²) in [7, 11) is -3.66. The van der Waals surface area contributed by atoms with Crippen molar-refractivity contribution in [1.82, 2.24) is 5.32 Å². The van der Waals surface area contributed by atoms with Crippen LogP contribution >= 0.6 is 0 Å². The molecule has 0 fully saturated rings. The fourth-order valence-corrected chi connectivity index (χ4v) is 3.13. The van der Waals surface area contributed by atoms with Crippen molar-refractivity contribution < 1.29 is 18.3 Å². The number of hydrogen-bond acceptors (Lipinski definition) is 4. The van der Waals surface area contributed by atoms with Crippen molar-refractivity contribution in [3.05, 3.63) is 60.2 Å². The van der Waals surface area contributed by atoms with Gasteiger partial charge in [0.05, 0.1) is 17.5 Å². The highest BCUT2D eigenvalue weighted by Crippen LogP contribution is 2.16. The third kappa shape index (κ3) is 4.56. The molecule has 2 aromatic carbocycles. The van der Waals surface area contributed by atoms with Crippen LogP contribution in [-0.4, -0.2) is 32.1 Å². The number of nitrogens with one attached hydrogen (secondary N) is 2. The Morgan fingerprint density at radius 1 is 1.08 bits per heavy atom. The standard InChI is InChI=1S/C17H20N2O4S/c1-2-14(12-20)18-17(21)13-8-10-15(11-9-13)19-24(22,23)16-6-4-3-5-7-16/h3-11,14,19-20H,2,12H2,1H3,(H,18,21)/t14-/m1/s1. The van der Waals surface area contributed by atoms with Crippen molar-refractivity contribution in [3.8, 4) is 0 Å². The Morgan fingerprint density at radius 3 is 2.25 bits per heavy atom. The molecule has 2 aromatic rings. The van der Waals surface area contributed by atoms with Crippen molar-refractivity contribution in [2.45, 2.75) is 24.3 Å². The van der Waals surface area contributed by atoms with Crippen LogP contribution in [0.25, 0.3) is 0 Å². The van der Waals surface area contributed by atoms with E-state index in [0.29, 0.717) is 17.7 Å². The van der Waals surface area contributed by atoms with Crippen LogP contribution in [0.2, 0.25) is 0 Å². The van der Waals surface area contributed by atoms with Crippen LogP contribution in [0.1, 0.15) is 23.7 Å². The lowest BCUT2D eigenvalue weighted by atomic mass is 10.1. The highest BCUT2D eigenvalue weighted by atomic mass is 32.2. The van der Waals surface area contributed by atoms with Gasteiger partial charge in [0, 0.05) is 11.3 Å². The number of amides is 1. The summed E-state index contributed by atoms with van der Waals surface area (Å²) in [4.78, 5) is 12.2. The predicted octanol–water partition coefficient (Wildman–Crippen LogP) is 1.99. The van der Waals surface area contributed by atoms with Crippen LogP contribution in [0.4, 0.5) is 5.69 Å². The van der Waals surface area contributed by atoms with Gasteiger partial charge >= 0.3 is 0 Å². The summed E-state index contributed by atoms with van der Waals surface area (Å²) < 4.78 is 26.9. The zero-order valence-corrected chi connectivity index (χ0v) is 14.1. The molecular weight excluding hydrogens is 328 g/mol. The van der Waals surface area contributed by atoms with Gasteiger partial charge in [0.25, 0.3) is 15.9 Å². The summed E-state index contributed by atoms with van der Waals surface area (Å²) in [5.41, 5.74) is 0.758. The van der Waals surface area contributed by atoms with E-state index < -0.39 is 10.0 Å². The average Bonchev–Trinajstić information content (AvgIpc) is 2.60. The van der Waals surface area contributed by atoms with Gasteiger partial charge in [0.2, 0.25) is 0 Å². The maximum Gasteiger partial charge on any atom is 0.261 e. The van der Waals surface area contributed by atoms with Gasteiger partial charge in [-0.15, -0.1) is 0 Å². The quantitative estimate of drug-likeness (QED) is 0.713. The summed E-state index contributed by atoms with van der Waals surface area (Å²) >= 11 is 0. The fraction of sp³-hybridized carbons (Fsp3) is 0.235. The Hall–Kier alpha value is -2.38. The van der Waals surface area contributed by atoms with Crippen LogP contribution in [0, 0.1) is 0 Å². The minimum Gasteiger partial charge on any atom is -0.394 e. The minimum atomic E-state index is -3.66. The van der Waals surface area contributed by atoms with Crippen molar-refractivity contribution in [2.75, 3.05) is 11.3 Å². The van der Waals surface area contributed by atoms with Crippen molar-refractivity contribution >= 4 is 21.6 Å². The van der Waals surface area contributed by atoms with E-state index in [1.807, 2.05) is 6.92 Å². The third-order valence-corrected chi connectivity index (χ3v) is 4.90. The summed E-state index contributed by atoms with van der Waals surface area (Å²) in [5, 5.41) is 11.8. The number of benzene rings is 2. The van der Waals surface area contributed by atoms with E-state index in [0.717, 1.165) is 0 Å². The Kier molecular flexibility index (Phi) is 5.94. The number of anilines is 1. The van der Waals surface area contributed by atoms with Crippen LogP contribution < -0.4 is 10.0 Å². The molecule has 2 rings (SSSR count). The Bertz CT molecular complexity index is 770. The molecule has 3 N–H and O–H groups in total. The summed E-state index contributed by atoms with van der Waals surface area (Å²) in [6, 6.07) is 13.8. The molecule has 128 valence electrons. The minimum absolute atomic E-state index is 0.128. The number of hydrogen-bond donors (Lipinski definition) is 3. The second-order valence-electron chi connectivity index (χ2n) is 5.26. The maximum absolute atomic E-state index is 12.2. The number of carbonyl (C=O) groups is 1. The van der Waals surface area contributed by atoms with E-state index >= 15 is 0 Å². The number of carbonyl (C=O) groups excluding carboxylic acids is 1. The van der Waals surface area contributed by atoms with Gasteiger partial charge in [0.15, 0.2) is 0 Å². The van der Waals surface area contributed by atoms with Gasteiger partial charge in [-0.1, -0.05) is 25.1 Å². The maximum atomic E-state index is 12.2. The van der Waals surface area contributed by atoms with Crippen LogP contribution in [0.3, 0.4) is 0 Å². The number of aliphatic hydroxyl groups excluding tert-OH is 1. The lowest BCUT2D eigenvalue weighted by Crippen LogP contribution is -2.36. The van der Waals surface area contributed by atoms with E-state index in [9.17, 15) is 13.2 Å². The predicted molar refractivity (Wildman–Crippen MR) is 92.3 cm³/mol. The van der Waals surface area contributed by atoms with E-state index in [4.69, 9.17) is 5.11 Å². The number of sulfonamides is 1. The first-order valence-corrected chi connectivity index (χ1v) is 9.04. The Labute approximate surface area is 141 Å². The number of rotatable bonds is 7. The monoisotopic (exact) mass is 348 g/mol. The van der Waals surface area contributed by atoms with Gasteiger partial charge in [0.1, 0.15) is 0 Å². The lowest BCUT2D eigenvalue weighted by Gasteiger charge is -2.14. The SMILES string of the molecule is CC[C@H](CO)NC(=O)c1ccc(NS(=O)(=O)c2ccccc2)cc1. The molecule has 0 bridgehead atoms. The topological polar surface area (TPSA) is 95.5 Å². The van der Waals surface area contributed by atoms with E-state index in [1.165, 1.54) is 36.4 Å². The van der Waals surface area contributed by atoms with Crippen molar-refractivity contribution in [1.29, 1.82) is 0 Å². The zero-order valence-electron chi connectivity index (χ0n) is 13.3. The largest absolute Gasteiger partial charge is 0.394 e. The van der Waals surface area contributed by atoms with Crippen molar-refractivity contribution in [2.24, 2.45) is 0 Å². The Morgan fingerprint density at radius 2 is 1.71 bits per heavy atom. The Balaban J connectivity index is 2.08. The molecule has 0 unspecified atom stereocenters. The lowest BCUT2D eigenvalue weighted by molar-refractivity contribution is 0.0915. The molecule has 0 aromatic heterocycles. The van der Waals surface area contributed by atoms with E-state index in [2.05, 4.69) is 10.0 Å². The van der Waals surface area contributed by atoms with Crippen LogP contribution in [0.15, 0.2) is 59.5 Å². The third-order valence-electron chi connectivity index (χ3n) is 3.50. The molecule has 0 aliphatic heterocycles. The molecule has 1 atom stereocenters. The van der Waals surface area contributed by atoms with Gasteiger partial charge in [-0.3, -0.25) is 9.52 Å². The molecule has 0 spiro atoms. The smallest absolute Gasteiger partial charge is 0.261 e. The van der Waals surface area contributed by atoms with Gasteiger partial charge in [-0.25, -0.2) is 8.42 Å². The van der Waals surface area contributed by atoms with Gasteiger partial charge in [-0.2, -0.15) is 0 Å². The second-order valence-corrected chi connectivity index (χ2v) is 6.94. The molecule has 0 saturated carbocycles. The normalized spacial score (nSPS) is 12.4. The van der Waals surface area contributed by atoms with Crippen molar-refractivity contribution in [3.63, 3.8) is 0 Å². The molecule has 0 aliphatic rings. The molecular formula is C17H20N2O4S. The second kappa shape index (κ2) is 7.94. The molecule has 0 aliphatic carbocycles. The van der Waals surface area contributed by atoms with E-state index in [1.54, 1.807) is 18.2 Å². The highest BCUT2D eigenvalue weighted by molar-refractivity contribution is 7.92. The zero-order chi connectivity index (χ0) is 17.6. The number of aliphatic hydroxyl groups is 1. The van der Waals surface area contributed by atoms with Crippen LogP contribution in [0.5, 0.6) is 0 Å². The van der Waals surface area contributed by atoms with Gasteiger partial charge < -0.3 is 10.4 Å². The molecule has 7 heteroatoms. The molecule has 0 heterocycles. The molecule has 0 radical (unpaired) electrons. The molecule has 6 nitrogen and oxygen atoms in total. The first-order valence-electron chi connectivity index (χ1n) is 7.56. The summed E-state index contributed by atoms with van der Waals surface area (Å²) in [5.74, 6) is -0.312. The molecule has 24 heavy (non-hydrogen) atoms.